The molecule has 0 amide bonds. The smallest absolute Gasteiger partial charge is 0.338 e. The van der Waals surface area contributed by atoms with Crippen molar-refractivity contribution in [1.29, 1.82) is 0 Å². The standard InChI is InChI=1S/C28H36O7/c1-10-15(2)28(29)35-27-23-19(14-21(31-6)25(27)33-8)12-17(4)16(3)11-18-13-20(30-5)24(32-7)26(34-9)22(18)23/h10,13-14,16-17H,11-12H2,1-9H3/b15-10-. The van der Waals surface area contributed by atoms with Gasteiger partial charge >= 0.3 is 5.97 Å². The number of fused-ring (bicyclic) bond motifs is 3. The van der Waals surface area contributed by atoms with E-state index in [0.717, 1.165) is 35.1 Å². The maximum absolute atomic E-state index is 13.0. The molecular formula is C28H36O7. The van der Waals surface area contributed by atoms with Gasteiger partial charge in [-0.25, -0.2) is 4.79 Å². The third-order valence-electron chi connectivity index (χ3n) is 6.87. The summed E-state index contributed by atoms with van der Waals surface area (Å²) in [6.45, 7) is 7.97. The lowest BCUT2D eigenvalue weighted by molar-refractivity contribution is -0.130. The molecule has 7 nitrogen and oxygen atoms in total. The summed E-state index contributed by atoms with van der Waals surface area (Å²) in [6.07, 6.45) is 3.24. The number of allylic oxidation sites excluding steroid dienone is 1. The van der Waals surface area contributed by atoms with Gasteiger partial charge in [-0.2, -0.15) is 0 Å². The molecule has 1 aliphatic carbocycles. The molecule has 7 heteroatoms. The molecule has 1 aliphatic rings. The van der Waals surface area contributed by atoms with E-state index in [2.05, 4.69) is 13.8 Å². The molecule has 2 atom stereocenters. The highest BCUT2D eigenvalue weighted by Crippen LogP contribution is 2.56. The van der Waals surface area contributed by atoms with Crippen LogP contribution in [-0.4, -0.2) is 41.5 Å². The molecule has 0 heterocycles. The van der Waals surface area contributed by atoms with Crippen molar-refractivity contribution < 1.29 is 33.2 Å². The Hall–Kier alpha value is -3.35. The summed E-state index contributed by atoms with van der Waals surface area (Å²) in [5, 5.41) is 0. The highest BCUT2D eigenvalue weighted by Gasteiger charge is 2.34. The van der Waals surface area contributed by atoms with Crippen molar-refractivity contribution >= 4 is 5.97 Å². The zero-order valence-corrected chi connectivity index (χ0v) is 22.2. The molecule has 0 spiro atoms. The molecule has 0 saturated heterocycles. The van der Waals surface area contributed by atoms with Crippen molar-refractivity contribution in [1.82, 2.24) is 0 Å². The van der Waals surface area contributed by atoms with Gasteiger partial charge in [-0.05, 0) is 61.8 Å². The number of hydrogen-bond donors (Lipinski definition) is 0. The number of hydrogen-bond acceptors (Lipinski definition) is 7. The summed E-state index contributed by atoms with van der Waals surface area (Å²) >= 11 is 0. The van der Waals surface area contributed by atoms with E-state index in [0.29, 0.717) is 51.9 Å². The normalized spacial score (nSPS) is 17.3. The highest BCUT2D eigenvalue weighted by molar-refractivity contribution is 5.94. The minimum Gasteiger partial charge on any atom is -0.493 e. The molecule has 190 valence electrons. The van der Waals surface area contributed by atoms with Crippen molar-refractivity contribution in [3.8, 4) is 45.6 Å². The van der Waals surface area contributed by atoms with E-state index in [-0.39, 0.29) is 0 Å². The molecule has 2 aromatic carbocycles. The van der Waals surface area contributed by atoms with E-state index < -0.39 is 5.97 Å². The van der Waals surface area contributed by atoms with Gasteiger partial charge in [0.2, 0.25) is 11.5 Å². The maximum atomic E-state index is 13.0. The molecule has 2 unspecified atom stereocenters. The lowest BCUT2D eigenvalue weighted by Crippen LogP contribution is -2.19. The van der Waals surface area contributed by atoms with Crippen LogP contribution in [0.1, 0.15) is 38.8 Å². The number of carbonyl (C=O) groups excluding carboxylic acids is 1. The largest absolute Gasteiger partial charge is 0.493 e. The van der Waals surface area contributed by atoms with E-state index in [1.54, 1.807) is 48.4 Å². The number of carbonyl (C=O) groups is 1. The summed E-state index contributed by atoms with van der Waals surface area (Å²) in [7, 11) is 7.88. The third-order valence-corrected chi connectivity index (χ3v) is 6.87. The summed E-state index contributed by atoms with van der Waals surface area (Å²) in [6, 6.07) is 3.94. The third kappa shape index (κ3) is 4.77. The number of esters is 1. The van der Waals surface area contributed by atoms with Crippen LogP contribution >= 0.6 is 0 Å². The van der Waals surface area contributed by atoms with Crippen molar-refractivity contribution in [2.24, 2.45) is 11.8 Å². The topological polar surface area (TPSA) is 72.5 Å². The first-order chi connectivity index (χ1) is 16.8. The van der Waals surface area contributed by atoms with Crippen LogP contribution < -0.4 is 28.4 Å². The molecular weight excluding hydrogens is 448 g/mol. The van der Waals surface area contributed by atoms with Crippen LogP contribution in [0.25, 0.3) is 11.1 Å². The molecule has 2 aromatic rings. The van der Waals surface area contributed by atoms with Crippen LogP contribution in [0.5, 0.6) is 34.5 Å². The number of benzene rings is 2. The second kappa shape index (κ2) is 10.9. The average molecular weight is 485 g/mol. The lowest BCUT2D eigenvalue weighted by Gasteiger charge is -2.30. The van der Waals surface area contributed by atoms with Gasteiger partial charge in [0, 0.05) is 16.7 Å². The second-order valence-electron chi connectivity index (χ2n) is 8.88. The van der Waals surface area contributed by atoms with Crippen LogP contribution in [0, 0.1) is 11.8 Å². The lowest BCUT2D eigenvalue weighted by atomic mass is 9.77. The average Bonchev–Trinajstić information content (AvgIpc) is 2.86. The van der Waals surface area contributed by atoms with Crippen LogP contribution in [0.15, 0.2) is 23.8 Å². The highest BCUT2D eigenvalue weighted by atomic mass is 16.6. The van der Waals surface area contributed by atoms with E-state index in [4.69, 9.17) is 28.4 Å². The van der Waals surface area contributed by atoms with Crippen molar-refractivity contribution in [2.75, 3.05) is 35.5 Å². The molecule has 0 aromatic heterocycles. The van der Waals surface area contributed by atoms with Gasteiger partial charge in [0.05, 0.1) is 35.5 Å². The van der Waals surface area contributed by atoms with Crippen LogP contribution in [0.3, 0.4) is 0 Å². The Kier molecular flexibility index (Phi) is 8.20. The zero-order valence-electron chi connectivity index (χ0n) is 22.2. The van der Waals surface area contributed by atoms with Gasteiger partial charge in [-0.1, -0.05) is 19.9 Å². The van der Waals surface area contributed by atoms with Gasteiger partial charge in [-0.3, -0.25) is 0 Å². The number of methoxy groups -OCH3 is 5. The SMILES string of the molecule is C/C=C(/C)C(=O)Oc1c(OC)c(OC)cc2c1-c1c(cc(OC)c(OC)c1OC)CC(C)C(C)C2. The molecule has 0 saturated carbocycles. The monoisotopic (exact) mass is 484 g/mol. The Bertz CT molecular complexity index is 1130. The van der Waals surface area contributed by atoms with Gasteiger partial charge in [-0.15, -0.1) is 0 Å². The number of ether oxygens (including phenoxy) is 6. The molecule has 3 rings (SSSR count). The van der Waals surface area contributed by atoms with Gasteiger partial charge in [0.15, 0.2) is 23.0 Å². The van der Waals surface area contributed by atoms with Gasteiger partial charge < -0.3 is 28.4 Å². The minimum absolute atomic E-state index is 0.293. The Morgan fingerprint density at radius 3 is 1.57 bits per heavy atom. The van der Waals surface area contributed by atoms with Crippen molar-refractivity contribution in [2.45, 2.75) is 40.5 Å². The van der Waals surface area contributed by atoms with Crippen molar-refractivity contribution in [3.05, 3.63) is 34.9 Å². The van der Waals surface area contributed by atoms with Crippen LogP contribution in [-0.2, 0) is 17.6 Å². The predicted octanol–water partition coefficient (Wildman–Crippen LogP) is 5.64. The summed E-state index contributed by atoms with van der Waals surface area (Å²) in [4.78, 5) is 13.0. The summed E-state index contributed by atoms with van der Waals surface area (Å²) < 4.78 is 34.7. The first kappa shape index (κ1) is 26.3. The fourth-order valence-corrected chi connectivity index (χ4v) is 4.57. The Labute approximate surface area is 207 Å². The first-order valence-electron chi connectivity index (χ1n) is 11.7. The van der Waals surface area contributed by atoms with Crippen LogP contribution in [0.2, 0.25) is 0 Å². The molecule has 0 N–H and O–H groups in total. The van der Waals surface area contributed by atoms with E-state index >= 15 is 0 Å². The predicted molar refractivity (Wildman–Crippen MR) is 135 cm³/mol. The first-order valence-corrected chi connectivity index (χ1v) is 11.7. The summed E-state index contributed by atoms with van der Waals surface area (Å²) in [5.41, 5.74) is 3.98. The van der Waals surface area contributed by atoms with Gasteiger partial charge in [0.25, 0.3) is 0 Å². The summed E-state index contributed by atoms with van der Waals surface area (Å²) in [5.74, 6) is 2.94. The zero-order chi connectivity index (χ0) is 25.9. The van der Waals surface area contributed by atoms with Gasteiger partial charge in [0.1, 0.15) is 0 Å². The van der Waals surface area contributed by atoms with E-state index in [1.165, 1.54) is 7.11 Å². The Morgan fingerprint density at radius 2 is 1.17 bits per heavy atom. The van der Waals surface area contributed by atoms with E-state index in [9.17, 15) is 4.79 Å². The molecule has 0 radical (unpaired) electrons. The molecule has 35 heavy (non-hydrogen) atoms. The van der Waals surface area contributed by atoms with Crippen molar-refractivity contribution in [3.63, 3.8) is 0 Å². The quantitative estimate of drug-likeness (QED) is 0.286. The Morgan fingerprint density at radius 1 is 0.743 bits per heavy atom. The van der Waals surface area contributed by atoms with E-state index in [1.807, 2.05) is 12.1 Å². The Balaban J connectivity index is 2.53. The molecule has 0 fully saturated rings. The molecule has 0 bridgehead atoms. The maximum Gasteiger partial charge on any atom is 0.338 e. The minimum atomic E-state index is -0.467. The fourth-order valence-electron chi connectivity index (χ4n) is 4.57. The van der Waals surface area contributed by atoms with Crippen LogP contribution in [0.4, 0.5) is 0 Å². The number of rotatable bonds is 7. The second-order valence-corrected chi connectivity index (χ2v) is 8.88. The molecule has 0 aliphatic heterocycles. The fraction of sp³-hybridized carbons (Fsp3) is 0.464.